The van der Waals surface area contributed by atoms with Gasteiger partial charge in [0.1, 0.15) is 11.6 Å². The predicted molar refractivity (Wildman–Crippen MR) is 110 cm³/mol. The average molecular weight is 417 g/mol. The number of halogens is 2. The van der Waals surface area contributed by atoms with Gasteiger partial charge in [-0.25, -0.2) is 13.8 Å². The first-order valence-corrected chi connectivity index (χ1v) is 10.3. The first kappa shape index (κ1) is 21.0. The Hall–Kier alpha value is -2.74. The zero-order valence-electron chi connectivity index (χ0n) is 16.1. The highest BCUT2D eigenvalue weighted by Gasteiger charge is 2.16. The van der Waals surface area contributed by atoms with E-state index in [1.165, 1.54) is 6.07 Å². The largest absolute Gasteiger partial charge is 0.349 e. The molecule has 0 aliphatic rings. The number of nitrogens with zero attached hydrogens (tertiary/aromatic N) is 2. The summed E-state index contributed by atoms with van der Waals surface area (Å²) in [4.78, 5) is 29.6. The van der Waals surface area contributed by atoms with E-state index < -0.39 is 17.7 Å². The molecular weight excluding hydrogens is 396 g/mol. The highest BCUT2D eigenvalue weighted by Crippen LogP contribution is 2.20. The van der Waals surface area contributed by atoms with Crippen LogP contribution < -0.4 is 10.9 Å². The van der Waals surface area contributed by atoms with E-state index in [0.29, 0.717) is 22.6 Å². The molecule has 0 bridgehead atoms. The maximum absolute atomic E-state index is 13.9. The Morgan fingerprint density at radius 3 is 2.72 bits per heavy atom. The van der Waals surface area contributed by atoms with Crippen LogP contribution in [0.15, 0.2) is 52.4 Å². The van der Waals surface area contributed by atoms with Gasteiger partial charge in [-0.05, 0) is 31.5 Å². The number of aromatic nitrogens is 2. The molecule has 1 heterocycles. The van der Waals surface area contributed by atoms with Gasteiger partial charge >= 0.3 is 0 Å². The number of thioether (sulfide) groups is 1. The minimum absolute atomic E-state index is 0.0155. The lowest BCUT2D eigenvalue weighted by molar-refractivity contribution is -0.119. The molecule has 0 spiro atoms. The van der Waals surface area contributed by atoms with Crippen molar-refractivity contribution in [1.29, 1.82) is 0 Å². The molecular formula is C21H21F2N3O2S. The Balaban J connectivity index is 1.75. The van der Waals surface area contributed by atoms with E-state index in [4.69, 9.17) is 0 Å². The van der Waals surface area contributed by atoms with E-state index in [-0.39, 0.29) is 22.8 Å². The highest BCUT2D eigenvalue weighted by atomic mass is 32.2. The monoisotopic (exact) mass is 417 g/mol. The Bertz CT molecular complexity index is 1100. The number of para-hydroxylation sites is 1. The molecule has 1 atom stereocenters. The molecule has 0 unspecified atom stereocenters. The lowest BCUT2D eigenvalue weighted by Gasteiger charge is -2.16. The summed E-state index contributed by atoms with van der Waals surface area (Å²) in [7, 11) is 0. The van der Waals surface area contributed by atoms with Gasteiger partial charge in [0.25, 0.3) is 5.56 Å². The van der Waals surface area contributed by atoms with Crippen LogP contribution >= 0.6 is 11.8 Å². The van der Waals surface area contributed by atoms with Crippen molar-refractivity contribution in [3.05, 3.63) is 70.0 Å². The van der Waals surface area contributed by atoms with Gasteiger partial charge in [-0.15, -0.1) is 0 Å². The number of hydrogen-bond donors (Lipinski definition) is 1. The van der Waals surface area contributed by atoms with Crippen LogP contribution in [-0.4, -0.2) is 21.2 Å². The molecule has 2 aromatic carbocycles. The smallest absolute Gasteiger partial charge is 0.262 e. The molecule has 0 radical (unpaired) electrons. The summed E-state index contributed by atoms with van der Waals surface area (Å²) >= 11 is 1.15. The zero-order valence-corrected chi connectivity index (χ0v) is 16.9. The van der Waals surface area contributed by atoms with Crippen molar-refractivity contribution in [2.45, 2.75) is 38.0 Å². The van der Waals surface area contributed by atoms with Gasteiger partial charge in [0.05, 0.1) is 22.7 Å². The summed E-state index contributed by atoms with van der Waals surface area (Å²) in [6.07, 6.45) is 0.751. The molecule has 0 fully saturated rings. The summed E-state index contributed by atoms with van der Waals surface area (Å²) in [6.45, 7) is 4.08. The molecule has 1 amide bonds. The number of hydrogen-bond acceptors (Lipinski definition) is 4. The molecule has 0 saturated carbocycles. The van der Waals surface area contributed by atoms with Crippen molar-refractivity contribution in [2.24, 2.45) is 0 Å². The predicted octanol–water partition coefficient (Wildman–Crippen LogP) is 4.05. The maximum atomic E-state index is 13.9. The van der Waals surface area contributed by atoms with Gasteiger partial charge in [-0.2, -0.15) is 0 Å². The van der Waals surface area contributed by atoms with Crippen LogP contribution in [0.25, 0.3) is 10.9 Å². The first-order chi connectivity index (χ1) is 13.9. The van der Waals surface area contributed by atoms with Crippen molar-refractivity contribution in [3.63, 3.8) is 0 Å². The van der Waals surface area contributed by atoms with Gasteiger partial charge in [-0.3, -0.25) is 14.2 Å². The van der Waals surface area contributed by atoms with Crippen LogP contribution in [0.1, 0.15) is 31.9 Å². The van der Waals surface area contributed by atoms with E-state index in [1.807, 2.05) is 6.92 Å². The lowest BCUT2D eigenvalue weighted by Crippen LogP contribution is -2.29. The van der Waals surface area contributed by atoms with Gasteiger partial charge in [-0.1, -0.05) is 36.9 Å². The van der Waals surface area contributed by atoms with Crippen LogP contribution in [0.5, 0.6) is 0 Å². The van der Waals surface area contributed by atoms with Crippen molar-refractivity contribution >= 4 is 28.6 Å². The number of carbonyl (C=O) groups excluding carboxylic acids is 1. The van der Waals surface area contributed by atoms with E-state index in [2.05, 4.69) is 10.3 Å². The van der Waals surface area contributed by atoms with Crippen LogP contribution in [-0.2, 0) is 11.3 Å². The van der Waals surface area contributed by atoms with Crippen molar-refractivity contribution in [1.82, 2.24) is 14.9 Å². The molecule has 0 aliphatic heterocycles. The molecule has 3 rings (SSSR count). The van der Waals surface area contributed by atoms with E-state index in [0.717, 1.165) is 30.3 Å². The fourth-order valence-corrected chi connectivity index (χ4v) is 3.86. The molecule has 29 heavy (non-hydrogen) atoms. The number of rotatable bonds is 7. The lowest BCUT2D eigenvalue weighted by atomic mass is 10.1. The molecule has 5 nitrogen and oxygen atoms in total. The molecule has 1 N–H and O–H groups in total. The Morgan fingerprint density at radius 1 is 1.24 bits per heavy atom. The minimum Gasteiger partial charge on any atom is -0.349 e. The maximum Gasteiger partial charge on any atom is 0.262 e. The molecule has 1 aromatic heterocycles. The minimum atomic E-state index is -0.710. The number of amides is 1. The fourth-order valence-electron chi connectivity index (χ4n) is 3.02. The summed E-state index contributed by atoms with van der Waals surface area (Å²) in [5, 5.41) is 3.69. The summed E-state index contributed by atoms with van der Waals surface area (Å²) in [5.41, 5.74) is 0.646. The third-order valence-electron chi connectivity index (χ3n) is 4.41. The molecule has 152 valence electrons. The Kier molecular flexibility index (Phi) is 6.64. The number of fused-ring (bicyclic) bond motifs is 1. The SMILES string of the molecule is CCCn1c(SCC(=O)N[C@H](C)c2ccc(F)cc2F)nc2ccccc2c1=O. The van der Waals surface area contributed by atoms with Crippen LogP contribution in [0.2, 0.25) is 0 Å². The Morgan fingerprint density at radius 2 is 2.00 bits per heavy atom. The summed E-state index contributed by atoms with van der Waals surface area (Å²) < 4.78 is 28.5. The molecule has 3 aromatic rings. The molecule has 0 aliphatic carbocycles. The fraction of sp³-hybridized carbons (Fsp3) is 0.286. The quantitative estimate of drug-likeness (QED) is 0.465. The zero-order chi connectivity index (χ0) is 21.0. The highest BCUT2D eigenvalue weighted by molar-refractivity contribution is 7.99. The topological polar surface area (TPSA) is 64.0 Å². The number of nitrogens with one attached hydrogen (secondary N) is 1. The van der Waals surface area contributed by atoms with Crippen molar-refractivity contribution < 1.29 is 13.6 Å². The average Bonchev–Trinajstić information content (AvgIpc) is 2.68. The summed E-state index contributed by atoms with van der Waals surface area (Å²) in [6, 6.07) is 9.72. The normalized spacial score (nSPS) is 12.1. The second-order valence-corrected chi connectivity index (χ2v) is 7.55. The first-order valence-electron chi connectivity index (χ1n) is 9.27. The second kappa shape index (κ2) is 9.17. The van der Waals surface area contributed by atoms with Crippen molar-refractivity contribution in [2.75, 3.05) is 5.75 Å². The molecule has 0 saturated heterocycles. The van der Waals surface area contributed by atoms with Crippen LogP contribution in [0.4, 0.5) is 8.78 Å². The number of benzene rings is 2. The van der Waals surface area contributed by atoms with Gasteiger partial charge in [0.15, 0.2) is 5.16 Å². The standard InChI is InChI=1S/C21H21F2N3O2S/c1-3-10-26-20(28)16-6-4-5-7-18(16)25-21(26)29-12-19(27)24-13(2)15-9-8-14(22)11-17(15)23/h4-9,11,13H,3,10,12H2,1-2H3,(H,24,27)/t13-/m1/s1. The second-order valence-electron chi connectivity index (χ2n) is 6.61. The number of carbonyl (C=O) groups is 1. The van der Waals surface area contributed by atoms with Crippen LogP contribution in [0, 0.1) is 11.6 Å². The summed E-state index contributed by atoms with van der Waals surface area (Å²) in [5.74, 6) is -1.70. The van der Waals surface area contributed by atoms with Crippen molar-refractivity contribution in [3.8, 4) is 0 Å². The van der Waals surface area contributed by atoms with E-state index >= 15 is 0 Å². The third kappa shape index (κ3) is 4.82. The van der Waals surface area contributed by atoms with Crippen LogP contribution in [0.3, 0.4) is 0 Å². The van der Waals surface area contributed by atoms with E-state index in [9.17, 15) is 18.4 Å². The van der Waals surface area contributed by atoms with Gasteiger partial charge in [0.2, 0.25) is 5.91 Å². The van der Waals surface area contributed by atoms with Gasteiger partial charge < -0.3 is 5.32 Å². The Labute approximate surface area is 171 Å². The molecule has 8 heteroatoms. The van der Waals surface area contributed by atoms with E-state index in [1.54, 1.807) is 35.8 Å². The van der Waals surface area contributed by atoms with Gasteiger partial charge in [0, 0.05) is 18.2 Å². The third-order valence-corrected chi connectivity index (χ3v) is 5.39.